The molecule has 0 radical (unpaired) electrons. The Labute approximate surface area is 128 Å². The molecule has 0 spiro atoms. The number of hydrogen-bond acceptors (Lipinski definition) is 4. The molecule has 1 aromatic rings. The topological polar surface area (TPSA) is 56.2 Å². The maximum Gasteiger partial charge on any atom is 0.326 e. The molecule has 0 bridgehead atoms. The number of aromatic nitrogens is 2. The van der Waals surface area contributed by atoms with Crippen LogP contribution in [0.1, 0.15) is 52.7 Å². The van der Waals surface area contributed by atoms with Crippen molar-refractivity contribution in [2.24, 2.45) is 0 Å². The van der Waals surface area contributed by atoms with E-state index in [-0.39, 0.29) is 12.0 Å². The molecule has 1 aromatic heterocycles. The Balaban J connectivity index is 2.49. The number of unbranched alkanes of at least 4 members (excludes halogenated alkanes) is 1. The summed E-state index contributed by atoms with van der Waals surface area (Å²) in [6.07, 6.45) is 4.54. The third-order valence-corrected chi connectivity index (χ3v) is 3.56. The summed E-state index contributed by atoms with van der Waals surface area (Å²) in [6, 6.07) is 2.25. The molecule has 0 aromatic carbocycles. The molecule has 0 saturated carbocycles. The Bertz CT molecular complexity index is 442. The molecule has 0 fully saturated rings. The zero-order valence-corrected chi connectivity index (χ0v) is 14.0. The first-order valence-corrected chi connectivity index (χ1v) is 7.82. The largest absolute Gasteiger partial charge is 0.465 e. The summed E-state index contributed by atoms with van der Waals surface area (Å²) in [5.74, 6) is -0.158. The highest BCUT2D eigenvalue weighted by Gasteiger charge is 2.34. The maximum atomic E-state index is 12.2. The number of nitrogens with zero attached hydrogens (tertiary/aromatic N) is 2. The van der Waals surface area contributed by atoms with E-state index in [0.717, 1.165) is 25.8 Å². The second kappa shape index (κ2) is 8.17. The first-order valence-electron chi connectivity index (χ1n) is 7.82. The van der Waals surface area contributed by atoms with Crippen molar-refractivity contribution in [3.05, 3.63) is 18.0 Å². The molecular weight excluding hydrogens is 266 g/mol. The van der Waals surface area contributed by atoms with Gasteiger partial charge in [-0.3, -0.25) is 14.8 Å². The summed E-state index contributed by atoms with van der Waals surface area (Å²) in [4.78, 5) is 12.2. The van der Waals surface area contributed by atoms with Crippen LogP contribution in [0.5, 0.6) is 0 Å². The lowest BCUT2D eigenvalue weighted by atomic mass is 9.94. The van der Waals surface area contributed by atoms with Gasteiger partial charge in [0.15, 0.2) is 0 Å². The van der Waals surface area contributed by atoms with Gasteiger partial charge in [0.1, 0.15) is 5.54 Å². The monoisotopic (exact) mass is 295 g/mol. The molecule has 0 aliphatic heterocycles. The van der Waals surface area contributed by atoms with E-state index in [2.05, 4.69) is 17.3 Å². The first kappa shape index (κ1) is 17.7. The van der Waals surface area contributed by atoms with Crippen molar-refractivity contribution >= 4 is 5.97 Å². The minimum atomic E-state index is -0.608. The van der Waals surface area contributed by atoms with Crippen molar-refractivity contribution in [2.45, 2.75) is 72.0 Å². The Kier molecular flexibility index (Phi) is 6.89. The van der Waals surface area contributed by atoms with E-state index < -0.39 is 5.54 Å². The van der Waals surface area contributed by atoms with E-state index in [4.69, 9.17) is 4.74 Å². The zero-order valence-electron chi connectivity index (χ0n) is 14.0. The van der Waals surface area contributed by atoms with Crippen molar-refractivity contribution in [1.82, 2.24) is 15.1 Å². The van der Waals surface area contributed by atoms with Crippen LogP contribution < -0.4 is 5.32 Å². The minimum Gasteiger partial charge on any atom is -0.465 e. The first-order chi connectivity index (χ1) is 9.89. The molecule has 0 saturated heterocycles. The molecule has 1 atom stereocenters. The number of esters is 1. The summed E-state index contributed by atoms with van der Waals surface area (Å²) in [7, 11) is 0. The van der Waals surface area contributed by atoms with Crippen LogP contribution >= 0.6 is 0 Å². The van der Waals surface area contributed by atoms with Crippen LogP contribution in [0, 0.1) is 6.92 Å². The van der Waals surface area contributed by atoms with E-state index in [1.54, 1.807) is 0 Å². The standard InChI is InChI=1S/C16H29N3O2/c1-6-21-15(20)16(5,18-13(2)3)10-7-8-12-19-14(4)9-11-17-19/h9,11,13,18H,6-8,10,12H2,1-5H3. The number of rotatable bonds is 9. The van der Waals surface area contributed by atoms with Gasteiger partial charge >= 0.3 is 5.97 Å². The second-order valence-electron chi connectivity index (χ2n) is 6.00. The van der Waals surface area contributed by atoms with Crippen molar-refractivity contribution in [3.8, 4) is 0 Å². The predicted molar refractivity (Wildman–Crippen MR) is 84.1 cm³/mol. The van der Waals surface area contributed by atoms with Crippen LogP contribution in [0.2, 0.25) is 0 Å². The number of hydrogen-bond donors (Lipinski definition) is 1. The number of aryl methyl sites for hydroxylation is 2. The summed E-state index contributed by atoms with van der Waals surface area (Å²) in [5.41, 5.74) is 0.562. The van der Waals surface area contributed by atoms with Crippen molar-refractivity contribution in [3.63, 3.8) is 0 Å². The lowest BCUT2D eigenvalue weighted by Gasteiger charge is -2.30. The van der Waals surface area contributed by atoms with Gasteiger partial charge in [0.05, 0.1) is 6.61 Å². The third kappa shape index (κ3) is 5.50. The molecular formula is C16H29N3O2. The molecule has 21 heavy (non-hydrogen) atoms. The summed E-state index contributed by atoms with van der Waals surface area (Å²) in [5, 5.41) is 7.62. The average molecular weight is 295 g/mol. The maximum absolute atomic E-state index is 12.2. The lowest BCUT2D eigenvalue weighted by molar-refractivity contribution is -0.151. The SMILES string of the molecule is CCOC(=O)C(C)(CCCCn1nccc1C)NC(C)C. The Morgan fingerprint density at radius 2 is 2.19 bits per heavy atom. The highest BCUT2D eigenvalue weighted by molar-refractivity contribution is 5.80. The Morgan fingerprint density at radius 1 is 1.48 bits per heavy atom. The van der Waals surface area contributed by atoms with Crippen molar-refractivity contribution in [2.75, 3.05) is 6.61 Å². The molecule has 1 unspecified atom stereocenters. The molecule has 0 amide bonds. The summed E-state index contributed by atoms with van der Waals surface area (Å²) < 4.78 is 7.21. The van der Waals surface area contributed by atoms with Gasteiger partial charge in [-0.1, -0.05) is 0 Å². The van der Waals surface area contributed by atoms with Gasteiger partial charge in [0.2, 0.25) is 0 Å². The molecule has 0 aliphatic rings. The molecule has 1 N–H and O–H groups in total. The third-order valence-electron chi connectivity index (χ3n) is 3.56. The van der Waals surface area contributed by atoms with Crippen LogP contribution in [-0.2, 0) is 16.1 Å². The molecule has 0 aliphatic carbocycles. The number of ether oxygens (including phenoxy) is 1. The highest BCUT2D eigenvalue weighted by atomic mass is 16.5. The number of carbonyl (C=O) groups is 1. The molecule has 5 heteroatoms. The number of nitrogens with one attached hydrogen (secondary N) is 1. The van der Waals surface area contributed by atoms with Gasteiger partial charge in [0, 0.05) is 24.5 Å². The van der Waals surface area contributed by atoms with Crippen LogP contribution in [0.15, 0.2) is 12.3 Å². The second-order valence-corrected chi connectivity index (χ2v) is 6.00. The van der Waals surface area contributed by atoms with E-state index in [1.165, 1.54) is 5.69 Å². The summed E-state index contributed by atoms with van der Waals surface area (Å²) >= 11 is 0. The van der Waals surface area contributed by atoms with Crippen molar-refractivity contribution < 1.29 is 9.53 Å². The van der Waals surface area contributed by atoms with Gasteiger partial charge in [0.25, 0.3) is 0 Å². The molecule has 5 nitrogen and oxygen atoms in total. The van der Waals surface area contributed by atoms with Gasteiger partial charge in [-0.2, -0.15) is 5.10 Å². The van der Waals surface area contributed by atoms with Gasteiger partial charge in [-0.05, 0) is 59.9 Å². The normalized spacial score (nSPS) is 14.2. The van der Waals surface area contributed by atoms with Gasteiger partial charge < -0.3 is 4.74 Å². The van der Waals surface area contributed by atoms with Gasteiger partial charge in [-0.25, -0.2) is 0 Å². The van der Waals surface area contributed by atoms with E-state index in [9.17, 15) is 4.79 Å². The van der Waals surface area contributed by atoms with Crippen LogP contribution in [0.4, 0.5) is 0 Å². The smallest absolute Gasteiger partial charge is 0.326 e. The van der Waals surface area contributed by atoms with E-state index in [1.807, 2.05) is 44.6 Å². The fourth-order valence-corrected chi connectivity index (χ4v) is 2.53. The zero-order chi connectivity index (χ0) is 15.9. The predicted octanol–water partition coefficient (Wildman–Crippen LogP) is 2.68. The fraction of sp³-hybridized carbons (Fsp3) is 0.750. The lowest BCUT2D eigenvalue weighted by Crippen LogP contribution is -2.53. The number of carbonyl (C=O) groups excluding carboxylic acids is 1. The Hall–Kier alpha value is -1.36. The van der Waals surface area contributed by atoms with E-state index >= 15 is 0 Å². The molecule has 1 heterocycles. The van der Waals surface area contributed by atoms with Crippen LogP contribution in [0.3, 0.4) is 0 Å². The average Bonchev–Trinajstić information content (AvgIpc) is 2.80. The minimum absolute atomic E-state index is 0.158. The highest BCUT2D eigenvalue weighted by Crippen LogP contribution is 2.18. The van der Waals surface area contributed by atoms with Crippen molar-refractivity contribution in [1.29, 1.82) is 0 Å². The van der Waals surface area contributed by atoms with Gasteiger partial charge in [-0.15, -0.1) is 0 Å². The quantitative estimate of drug-likeness (QED) is 0.562. The fourth-order valence-electron chi connectivity index (χ4n) is 2.53. The van der Waals surface area contributed by atoms with E-state index in [0.29, 0.717) is 6.61 Å². The van der Waals surface area contributed by atoms with Crippen LogP contribution in [0.25, 0.3) is 0 Å². The molecule has 1 rings (SSSR count). The Morgan fingerprint density at radius 3 is 2.71 bits per heavy atom. The molecule has 120 valence electrons. The van der Waals surface area contributed by atoms with Crippen LogP contribution in [-0.4, -0.2) is 33.9 Å². The summed E-state index contributed by atoms with van der Waals surface area (Å²) in [6.45, 7) is 11.2.